The molecule has 0 aromatic heterocycles. The fourth-order valence-corrected chi connectivity index (χ4v) is 1.58. The van der Waals surface area contributed by atoms with Gasteiger partial charge in [0.15, 0.2) is 0 Å². The van der Waals surface area contributed by atoms with Crippen LogP contribution in [0.1, 0.15) is 10.4 Å². The summed E-state index contributed by atoms with van der Waals surface area (Å²) in [5.74, 6) is -1.31. The molecule has 0 aliphatic rings. The van der Waals surface area contributed by atoms with E-state index in [4.69, 9.17) is 26.8 Å². The van der Waals surface area contributed by atoms with Crippen molar-refractivity contribution in [2.24, 2.45) is 0 Å². The Balaban J connectivity index is 3.45. The molecule has 0 bridgehead atoms. The van der Waals surface area contributed by atoms with Crippen LogP contribution in [0.3, 0.4) is 0 Å². The van der Waals surface area contributed by atoms with Gasteiger partial charge in [0.1, 0.15) is 0 Å². The van der Waals surface area contributed by atoms with Gasteiger partial charge >= 0.3 is 13.1 Å². The van der Waals surface area contributed by atoms with Crippen LogP contribution in [0.25, 0.3) is 0 Å². The Morgan fingerprint density at radius 3 is 2.43 bits per heavy atom. The van der Waals surface area contributed by atoms with Crippen molar-refractivity contribution in [2.75, 3.05) is 0 Å². The summed E-state index contributed by atoms with van der Waals surface area (Å²) in [5, 5.41) is 26.5. The maximum atomic E-state index is 10.8. The van der Waals surface area contributed by atoms with Gasteiger partial charge < -0.3 is 15.2 Å². The molecule has 0 atom stereocenters. The lowest BCUT2D eigenvalue weighted by molar-refractivity contribution is 0.0698. The molecule has 1 aromatic rings. The fraction of sp³-hybridized carbons (Fsp3) is 0. The Labute approximate surface area is 93.4 Å². The standard InChI is InChI=1S/C7H5BBrClO4/c9-4-2-1-3(8(13)14)5(6(4)10)7(11)12/h1-2,13-14H,(H,11,12). The Morgan fingerprint density at radius 2 is 2.00 bits per heavy atom. The molecule has 0 radical (unpaired) electrons. The lowest BCUT2D eigenvalue weighted by atomic mass is 9.77. The number of halogens is 2. The highest BCUT2D eigenvalue weighted by molar-refractivity contribution is 9.10. The van der Waals surface area contributed by atoms with Gasteiger partial charge in [-0.25, -0.2) is 4.79 Å². The van der Waals surface area contributed by atoms with Crippen LogP contribution >= 0.6 is 27.5 Å². The number of carboxylic acids is 1. The monoisotopic (exact) mass is 278 g/mol. The molecule has 0 aliphatic heterocycles. The van der Waals surface area contributed by atoms with E-state index in [0.29, 0.717) is 4.47 Å². The second-order valence-electron chi connectivity index (χ2n) is 2.50. The van der Waals surface area contributed by atoms with E-state index in [0.717, 1.165) is 0 Å². The number of benzene rings is 1. The first-order chi connectivity index (χ1) is 6.45. The van der Waals surface area contributed by atoms with E-state index in [1.165, 1.54) is 12.1 Å². The van der Waals surface area contributed by atoms with Gasteiger partial charge in [-0.3, -0.25) is 0 Å². The smallest absolute Gasteiger partial charge is 0.478 e. The van der Waals surface area contributed by atoms with Gasteiger partial charge in [-0.05, 0) is 27.5 Å². The molecular weight excluding hydrogens is 274 g/mol. The van der Waals surface area contributed by atoms with Crippen LogP contribution in [0.4, 0.5) is 0 Å². The molecule has 1 rings (SSSR count). The molecule has 0 fully saturated rings. The Bertz CT molecular complexity index is 382. The largest absolute Gasteiger partial charge is 0.489 e. The fourth-order valence-electron chi connectivity index (χ4n) is 0.998. The Kier molecular flexibility index (Phi) is 3.55. The predicted molar refractivity (Wildman–Crippen MR) is 55.9 cm³/mol. The number of carboxylic acid groups (broad SMARTS) is 1. The summed E-state index contributed by atoms with van der Waals surface area (Å²) in [6.45, 7) is 0. The van der Waals surface area contributed by atoms with E-state index in [9.17, 15) is 4.79 Å². The molecule has 3 N–H and O–H groups in total. The second-order valence-corrected chi connectivity index (χ2v) is 3.74. The lowest BCUT2D eigenvalue weighted by Gasteiger charge is -2.07. The Hall–Kier alpha value is -0.555. The first kappa shape index (κ1) is 11.5. The van der Waals surface area contributed by atoms with E-state index < -0.39 is 13.1 Å². The van der Waals surface area contributed by atoms with Crippen LogP contribution in [0, 0.1) is 0 Å². The average molecular weight is 279 g/mol. The molecule has 0 aliphatic carbocycles. The maximum Gasteiger partial charge on any atom is 0.489 e. The first-order valence-electron chi connectivity index (χ1n) is 3.52. The number of rotatable bonds is 2. The van der Waals surface area contributed by atoms with Crippen LogP contribution in [-0.2, 0) is 0 Å². The van der Waals surface area contributed by atoms with Crippen molar-refractivity contribution in [1.29, 1.82) is 0 Å². The van der Waals surface area contributed by atoms with Crippen molar-refractivity contribution in [3.05, 3.63) is 27.2 Å². The zero-order chi connectivity index (χ0) is 10.9. The zero-order valence-electron chi connectivity index (χ0n) is 6.74. The van der Waals surface area contributed by atoms with Gasteiger partial charge in [0, 0.05) is 4.47 Å². The minimum Gasteiger partial charge on any atom is -0.478 e. The van der Waals surface area contributed by atoms with Gasteiger partial charge in [0.25, 0.3) is 0 Å². The highest BCUT2D eigenvalue weighted by atomic mass is 79.9. The van der Waals surface area contributed by atoms with Crippen LogP contribution < -0.4 is 5.46 Å². The van der Waals surface area contributed by atoms with Crippen molar-refractivity contribution >= 4 is 46.1 Å². The summed E-state index contributed by atoms with van der Waals surface area (Å²) in [7, 11) is -1.85. The minimum absolute atomic E-state index is 0.0527. The molecular formula is C7H5BBrClO4. The number of carbonyl (C=O) groups is 1. The third-order valence-corrected chi connectivity index (χ3v) is 2.90. The van der Waals surface area contributed by atoms with Crippen LogP contribution in [0.15, 0.2) is 16.6 Å². The summed E-state index contributed by atoms with van der Waals surface area (Å²) < 4.78 is 0.390. The van der Waals surface area contributed by atoms with Gasteiger partial charge in [0.05, 0.1) is 10.6 Å². The third-order valence-electron chi connectivity index (χ3n) is 1.62. The van der Waals surface area contributed by atoms with E-state index in [2.05, 4.69) is 15.9 Å². The van der Waals surface area contributed by atoms with Crippen LogP contribution in [-0.4, -0.2) is 28.2 Å². The van der Waals surface area contributed by atoms with Crippen molar-refractivity contribution in [3.63, 3.8) is 0 Å². The molecule has 7 heteroatoms. The normalized spacial score (nSPS) is 10.0. The molecule has 74 valence electrons. The summed E-state index contributed by atoms with van der Waals surface area (Å²) in [6, 6.07) is 2.73. The van der Waals surface area contributed by atoms with E-state index in [-0.39, 0.29) is 16.0 Å². The molecule has 0 spiro atoms. The quantitative estimate of drug-likeness (QED) is 0.688. The number of hydrogen-bond acceptors (Lipinski definition) is 3. The minimum atomic E-state index is -1.85. The second kappa shape index (κ2) is 4.31. The molecule has 4 nitrogen and oxygen atoms in total. The van der Waals surface area contributed by atoms with Crippen molar-refractivity contribution in [2.45, 2.75) is 0 Å². The van der Waals surface area contributed by atoms with Gasteiger partial charge in [-0.2, -0.15) is 0 Å². The van der Waals surface area contributed by atoms with Gasteiger partial charge in [-0.15, -0.1) is 0 Å². The molecule has 0 saturated carbocycles. The van der Waals surface area contributed by atoms with E-state index >= 15 is 0 Å². The summed E-state index contributed by atoms with van der Waals surface area (Å²) in [5.41, 5.74) is -0.443. The SMILES string of the molecule is O=C(O)c1c(B(O)O)ccc(Br)c1Cl. The van der Waals surface area contributed by atoms with E-state index in [1.807, 2.05) is 0 Å². The highest BCUT2D eigenvalue weighted by Crippen LogP contribution is 2.24. The van der Waals surface area contributed by atoms with Crippen LogP contribution in [0.5, 0.6) is 0 Å². The molecule has 0 heterocycles. The molecule has 14 heavy (non-hydrogen) atoms. The summed E-state index contributed by atoms with van der Waals surface area (Å²) in [4.78, 5) is 10.8. The average Bonchev–Trinajstić information content (AvgIpc) is 2.08. The zero-order valence-corrected chi connectivity index (χ0v) is 9.08. The van der Waals surface area contributed by atoms with Gasteiger partial charge in [-0.1, -0.05) is 17.7 Å². The topological polar surface area (TPSA) is 77.8 Å². The van der Waals surface area contributed by atoms with Crippen molar-refractivity contribution < 1.29 is 19.9 Å². The van der Waals surface area contributed by atoms with E-state index in [1.54, 1.807) is 0 Å². The third kappa shape index (κ3) is 2.09. The molecule has 0 saturated heterocycles. The Morgan fingerprint density at radius 1 is 1.43 bits per heavy atom. The van der Waals surface area contributed by atoms with Crippen LogP contribution in [0.2, 0.25) is 5.02 Å². The number of hydrogen-bond donors (Lipinski definition) is 3. The summed E-state index contributed by atoms with van der Waals surface area (Å²) >= 11 is 8.73. The molecule has 0 amide bonds. The van der Waals surface area contributed by atoms with Gasteiger partial charge in [0.2, 0.25) is 0 Å². The first-order valence-corrected chi connectivity index (χ1v) is 4.69. The molecule has 0 unspecified atom stereocenters. The summed E-state index contributed by atoms with van der Waals surface area (Å²) in [6.07, 6.45) is 0. The lowest BCUT2D eigenvalue weighted by Crippen LogP contribution is -2.35. The van der Waals surface area contributed by atoms with Crippen molar-refractivity contribution in [3.8, 4) is 0 Å². The highest BCUT2D eigenvalue weighted by Gasteiger charge is 2.23. The predicted octanol–water partition coefficient (Wildman–Crippen LogP) is 0.480. The molecule has 1 aromatic carbocycles. The maximum absolute atomic E-state index is 10.8. The van der Waals surface area contributed by atoms with Crippen molar-refractivity contribution in [1.82, 2.24) is 0 Å². The number of aromatic carboxylic acids is 1.